The molecular weight excluding hydrogens is 672 g/mol. The Morgan fingerprint density at radius 2 is 1.35 bits per heavy atom. The van der Waals surface area contributed by atoms with Crippen LogP contribution in [-0.4, -0.2) is 66.2 Å². The first-order valence-corrected chi connectivity index (χ1v) is 14.3. The summed E-state index contributed by atoms with van der Waals surface area (Å²) in [6.45, 7) is 13.3. The highest BCUT2D eigenvalue weighted by Crippen LogP contribution is 2.32. The fourth-order valence-corrected chi connectivity index (χ4v) is 3.51. The summed E-state index contributed by atoms with van der Waals surface area (Å²) in [7, 11) is 2.49. The average Bonchev–Trinajstić information content (AvgIpc) is 3.46. The maximum absolute atomic E-state index is 12.5. The highest BCUT2D eigenvalue weighted by atomic mass is 35.5. The van der Waals surface area contributed by atoms with E-state index in [1.165, 1.54) is 46.0 Å². The molecule has 0 aliphatic carbocycles. The minimum absolute atomic E-state index is 0.0672. The quantitative estimate of drug-likeness (QED) is 0.0521. The molecule has 0 bridgehead atoms. The molecule has 9 nitrogen and oxygen atoms in total. The molecule has 0 spiro atoms. The second kappa shape index (κ2) is 21.3. The van der Waals surface area contributed by atoms with Crippen molar-refractivity contribution in [1.82, 2.24) is 10.1 Å². The van der Waals surface area contributed by atoms with Crippen molar-refractivity contribution in [3.8, 4) is 23.1 Å². The first kappa shape index (κ1) is 43.5. The molecule has 48 heavy (non-hydrogen) atoms. The Kier molecular flexibility index (Phi) is 19.3. The van der Waals surface area contributed by atoms with Crippen molar-refractivity contribution in [2.24, 2.45) is 5.16 Å². The van der Waals surface area contributed by atoms with Gasteiger partial charge in [0.15, 0.2) is 5.17 Å². The molecule has 1 heterocycles. The predicted molar refractivity (Wildman–Crippen MR) is 168 cm³/mol. The lowest BCUT2D eigenvalue weighted by Gasteiger charge is -2.13. The van der Waals surface area contributed by atoms with Gasteiger partial charge in [0.1, 0.15) is 5.69 Å². The molecule has 3 aromatic rings. The number of benzene rings is 2. The molecule has 2 aromatic carbocycles. The third-order valence-electron chi connectivity index (χ3n) is 6.07. The number of hydrogen-bond acceptors (Lipinski definition) is 9. The molecule has 1 aromatic heterocycles. The van der Waals surface area contributed by atoms with Crippen LogP contribution in [0.1, 0.15) is 60.5 Å². The summed E-state index contributed by atoms with van der Waals surface area (Å²) in [4.78, 5) is 23.8. The lowest BCUT2D eigenvalue weighted by molar-refractivity contribution is -0.138. The lowest BCUT2D eigenvalue weighted by Crippen LogP contribution is -2.21. The maximum Gasteiger partial charge on any atom is 0.416 e. The van der Waals surface area contributed by atoms with E-state index in [1.54, 1.807) is 13.8 Å². The summed E-state index contributed by atoms with van der Waals surface area (Å²) in [5, 5.41) is 14.3. The number of rotatable bonds is 6. The molecule has 0 aliphatic heterocycles. The van der Waals surface area contributed by atoms with Crippen molar-refractivity contribution >= 4 is 28.7 Å². The van der Waals surface area contributed by atoms with Crippen molar-refractivity contribution in [2.75, 3.05) is 33.9 Å². The summed E-state index contributed by atoms with van der Waals surface area (Å²) in [6.07, 6.45) is -8.77. The Hall–Kier alpha value is -4.55. The van der Waals surface area contributed by atoms with Crippen LogP contribution in [-0.2, 0) is 26.6 Å². The van der Waals surface area contributed by atoms with E-state index in [0.717, 1.165) is 36.4 Å². The molecule has 1 N–H and O–H groups in total. The molecule has 3 rings (SSSR count). The first-order valence-electron chi connectivity index (χ1n) is 14.0. The van der Waals surface area contributed by atoms with Gasteiger partial charge in [0.25, 0.3) is 0 Å². The van der Waals surface area contributed by atoms with Gasteiger partial charge in [-0.3, -0.25) is 0 Å². The number of carbonyl (C=O) groups is 2. The largest absolute Gasteiger partial charge is 0.463 e. The van der Waals surface area contributed by atoms with Gasteiger partial charge in [0, 0.05) is 22.6 Å². The summed E-state index contributed by atoms with van der Waals surface area (Å²) in [6, 6.07) is 8.42. The van der Waals surface area contributed by atoms with Gasteiger partial charge in [0.05, 0.1) is 25.3 Å². The average molecular weight is 708 g/mol. The van der Waals surface area contributed by atoms with E-state index in [0.29, 0.717) is 16.8 Å². The highest BCUT2D eigenvalue weighted by Gasteiger charge is 2.31. The number of nitrogens with zero attached hydrogens (tertiary/aromatic N) is 3. The molecule has 16 heteroatoms. The van der Waals surface area contributed by atoms with Gasteiger partial charge in [-0.15, -0.1) is 0 Å². The number of esters is 2. The van der Waals surface area contributed by atoms with Crippen molar-refractivity contribution in [3.05, 3.63) is 76.5 Å². The molecule has 0 amide bonds. The number of oxime groups is 1. The number of aromatic nitrogens is 1. The summed E-state index contributed by atoms with van der Waals surface area (Å²) >= 11 is 5.38. The molecule has 0 saturated heterocycles. The third-order valence-corrected chi connectivity index (χ3v) is 6.37. The zero-order chi connectivity index (χ0) is 37.1. The third kappa shape index (κ3) is 14.9. The van der Waals surface area contributed by atoms with Gasteiger partial charge in [-0.05, 0) is 57.7 Å². The molecule has 0 aliphatic rings. The van der Waals surface area contributed by atoms with Gasteiger partial charge >= 0.3 is 24.3 Å². The summed E-state index contributed by atoms with van der Waals surface area (Å²) in [5.41, 5.74) is -0.161. The predicted octanol–water partition coefficient (Wildman–Crippen LogP) is 8.07. The van der Waals surface area contributed by atoms with Gasteiger partial charge in [-0.1, -0.05) is 72.9 Å². The van der Waals surface area contributed by atoms with Crippen molar-refractivity contribution in [2.45, 2.75) is 47.0 Å². The maximum atomic E-state index is 12.5. The zero-order valence-electron chi connectivity index (χ0n) is 27.2. The van der Waals surface area contributed by atoms with Crippen molar-refractivity contribution < 1.29 is 55.1 Å². The number of methoxy groups -OCH3 is 2. The Morgan fingerprint density at radius 3 is 1.67 bits per heavy atom. The van der Waals surface area contributed by atoms with E-state index < -0.39 is 35.4 Å². The standard InChI is InChI=1S/C13H10F3NO3.C8H5ClF3NO.C6H15N.C5H6O2/c1-7-10(17-20-11(7)12(18)19-2)8-3-5-9(6-4-8)13(14,15)16;9-7(13-14)5-1-3-6(4-2-5)8(10,11)12;1-4-7(5-2)6-3;1-3-4-5(6)7-2/h3-6H,1-2H3;1-4,14H;4-6H2,1-3H3;1-2H3/b;13-7-;;. The van der Waals surface area contributed by atoms with Crippen LogP contribution in [0.3, 0.4) is 0 Å². The van der Waals surface area contributed by atoms with Crippen molar-refractivity contribution in [3.63, 3.8) is 0 Å². The smallest absolute Gasteiger partial charge is 0.416 e. The summed E-state index contributed by atoms with van der Waals surface area (Å²) in [5.74, 6) is 3.34. The topological polar surface area (TPSA) is 114 Å². The van der Waals surface area contributed by atoms with Gasteiger partial charge in [-0.25, -0.2) is 9.59 Å². The Bertz CT molecular complexity index is 1500. The molecule has 264 valence electrons. The SMILES string of the molecule is CC#CC(=O)OC.CCN(CC)CC.COC(=O)c1onc(-c2ccc(C(F)(F)F)cc2)c1C.O/N=C(\Cl)c1ccc(C(F)(F)F)cc1. The fourth-order valence-electron chi connectivity index (χ4n) is 3.38. The number of alkyl halides is 6. The molecular formula is C32H36ClF6N3O6. The minimum atomic E-state index is -4.39. The van der Waals surface area contributed by atoms with Crippen LogP contribution in [0.5, 0.6) is 0 Å². The van der Waals surface area contributed by atoms with Crippen LogP contribution in [0.15, 0.2) is 58.2 Å². The van der Waals surface area contributed by atoms with E-state index in [2.05, 4.69) is 57.3 Å². The van der Waals surface area contributed by atoms with Gasteiger partial charge in [0.2, 0.25) is 5.76 Å². The van der Waals surface area contributed by atoms with E-state index in [1.807, 2.05) is 0 Å². The lowest BCUT2D eigenvalue weighted by atomic mass is 10.1. The minimum Gasteiger partial charge on any atom is -0.463 e. The van der Waals surface area contributed by atoms with Crippen LogP contribution < -0.4 is 0 Å². The van der Waals surface area contributed by atoms with E-state index in [4.69, 9.17) is 21.3 Å². The van der Waals surface area contributed by atoms with Crippen LogP contribution >= 0.6 is 11.6 Å². The molecule has 0 saturated carbocycles. The number of hydrogen-bond donors (Lipinski definition) is 1. The Balaban J connectivity index is 0.000000684. The van der Waals surface area contributed by atoms with Gasteiger partial charge in [-0.2, -0.15) is 26.3 Å². The van der Waals surface area contributed by atoms with Crippen LogP contribution in [0.4, 0.5) is 26.3 Å². The number of carbonyl (C=O) groups excluding carboxylic acids is 2. The summed E-state index contributed by atoms with van der Waals surface area (Å²) < 4.78 is 87.2. The molecule has 0 fully saturated rings. The monoisotopic (exact) mass is 707 g/mol. The van der Waals surface area contributed by atoms with E-state index in [-0.39, 0.29) is 16.5 Å². The fraction of sp³-hybridized carbons (Fsp3) is 0.375. The Labute approximate surface area is 279 Å². The second-order valence-electron chi connectivity index (χ2n) is 9.00. The molecule has 0 unspecified atom stereocenters. The number of ether oxygens (including phenoxy) is 2. The van der Waals surface area contributed by atoms with Gasteiger partial charge < -0.3 is 24.1 Å². The van der Waals surface area contributed by atoms with Crippen LogP contribution in [0, 0.1) is 18.8 Å². The van der Waals surface area contributed by atoms with Crippen molar-refractivity contribution in [1.29, 1.82) is 0 Å². The normalized spacial score (nSPS) is 10.9. The number of halogens is 7. The zero-order valence-corrected chi connectivity index (χ0v) is 28.0. The van der Waals surface area contributed by atoms with Crippen LogP contribution in [0.25, 0.3) is 11.3 Å². The molecule has 0 radical (unpaired) electrons. The first-order chi connectivity index (χ1) is 22.4. The highest BCUT2D eigenvalue weighted by molar-refractivity contribution is 6.69. The second-order valence-corrected chi connectivity index (χ2v) is 9.36. The Morgan fingerprint density at radius 1 is 0.896 bits per heavy atom. The van der Waals surface area contributed by atoms with E-state index in [9.17, 15) is 35.9 Å². The molecule has 0 atom stereocenters. The van der Waals surface area contributed by atoms with Crippen LogP contribution in [0.2, 0.25) is 0 Å². The van der Waals surface area contributed by atoms with E-state index >= 15 is 0 Å².